The number of allylic oxidation sites excluding steroid dienone is 2. The van der Waals surface area contributed by atoms with Gasteiger partial charge in [0.05, 0.1) is 5.70 Å². The molecule has 2 N–H and O–H groups in total. The minimum absolute atomic E-state index is 0.0782. The van der Waals surface area contributed by atoms with Crippen LogP contribution in [0.3, 0.4) is 0 Å². The van der Waals surface area contributed by atoms with Crippen LogP contribution < -0.4 is 5.32 Å². The van der Waals surface area contributed by atoms with E-state index in [4.69, 9.17) is 4.74 Å². The Morgan fingerprint density at radius 3 is 2.57 bits per heavy atom. The quantitative estimate of drug-likeness (QED) is 0.625. The number of rotatable bonds is 7. The number of pyridine rings is 1. The first-order valence-electron chi connectivity index (χ1n) is 9.07. The summed E-state index contributed by atoms with van der Waals surface area (Å²) in [5.41, 5.74) is 0.973. The molecule has 1 aromatic heterocycles. The number of aromatic carboxylic acids is 1. The Morgan fingerprint density at radius 1 is 1.20 bits per heavy atom. The molecule has 1 aromatic carbocycles. The second kappa shape index (κ2) is 8.68. The number of hydrogen-bond donors (Lipinski definition) is 2. The zero-order valence-electron chi connectivity index (χ0n) is 15.9. The molecule has 1 unspecified atom stereocenters. The smallest absolute Gasteiger partial charge is 0.478 e. The van der Waals surface area contributed by atoms with Gasteiger partial charge >= 0.3 is 12.3 Å². The van der Waals surface area contributed by atoms with Crippen molar-refractivity contribution >= 4 is 17.4 Å². The van der Waals surface area contributed by atoms with Crippen molar-refractivity contribution in [2.45, 2.75) is 25.5 Å². The summed E-state index contributed by atoms with van der Waals surface area (Å²) in [6, 6.07) is 11.6. The molecular weight excluding hydrogens is 401 g/mol. The van der Waals surface area contributed by atoms with Crippen molar-refractivity contribution in [3.05, 3.63) is 77.6 Å². The van der Waals surface area contributed by atoms with Crippen molar-refractivity contribution in [1.29, 1.82) is 0 Å². The number of carbonyl (C=O) groups is 1. The largest absolute Gasteiger partial charge is 0.525 e. The summed E-state index contributed by atoms with van der Waals surface area (Å²) in [6.07, 6.45) is -0.908. The Balaban J connectivity index is 2.08. The molecule has 0 bridgehead atoms. The number of aromatic nitrogens is 1. The number of anilines is 1. The molecule has 0 radical (unpaired) electrons. The van der Waals surface area contributed by atoms with Gasteiger partial charge in [-0.05, 0) is 36.3 Å². The number of nitrogens with zero attached hydrogens (tertiary/aromatic N) is 1. The highest BCUT2D eigenvalue weighted by Gasteiger charge is 2.49. The van der Waals surface area contributed by atoms with Gasteiger partial charge in [0.1, 0.15) is 11.4 Å². The van der Waals surface area contributed by atoms with E-state index in [-0.39, 0.29) is 30.1 Å². The van der Waals surface area contributed by atoms with Crippen LogP contribution >= 0.6 is 0 Å². The number of benzene rings is 1. The summed E-state index contributed by atoms with van der Waals surface area (Å²) in [7, 11) is 0. The van der Waals surface area contributed by atoms with Crippen molar-refractivity contribution in [2.75, 3.05) is 11.9 Å². The second-order valence-corrected chi connectivity index (χ2v) is 6.38. The first kappa shape index (κ1) is 21.5. The molecule has 0 fully saturated rings. The Bertz CT molecular complexity index is 974. The molecule has 30 heavy (non-hydrogen) atoms. The fourth-order valence-corrected chi connectivity index (χ4v) is 3.18. The molecule has 0 saturated heterocycles. The van der Waals surface area contributed by atoms with Crippen LogP contribution in [-0.2, 0) is 9.47 Å². The van der Waals surface area contributed by atoms with Crippen molar-refractivity contribution in [3.8, 4) is 0 Å². The predicted octanol–water partition coefficient (Wildman–Crippen LogP) is 4.83. The van der Waals surface area contributed by atoms with Crippen LogP contribution in [0.1, 0.15) is 29.3 Å². The van der Waals surface area contributed by atoms with Crippen LogP contribution in [0, 0.1) is 0 Å². The molecule has 6 nitrogen and oxygen atoms in total. The molecule has 0 spiro atoms. The molecule has 1 aliphatic rings. The van der Waals surface area contributed by atoms with Gasteiger partial charge in [0.2, 0.25) is 5.79 Å². The molecule has 1 heterocycles. The third kappa shape index (κ3) is 4.87. The lowest BCUT2D eigenvalue weighted by Gasteiger charge is -2.38. The zero-order chi connectivity index (χ0) is 21.8. The van der Waals surface area contributed by atoms with Crippen LogP contribution in [0.5, 0.6) is 0 Å². The summed E-state index contributed by atoms with van der Waals surface area (Å²) < 4.78 is 50.1. The molecule has 0 aliphatic heterocycles. The Morgan fingerprint density at radius 2 is 1.93 bits per heavy atom. The van der Waals surface area contributed by atoms with E-state index in [1.807, 2.05) is 0 Å². The van der Waals surface area contributed by atoms with Gasteiger partial charge in [-0.2, -0.15) is 0 Å². The van der Waals surface area contributed by atoms with Gasteiger partial charge in [-0.25, -0.2) is 9.78 Å². The fourth-order valence-electron chi connectivity index (χ4n) is 3.18. The van der Waals surface area contributed by atoms with Gasteiger partial charge in [-0.15, -0.1) is 13.2 Å². The molecule has 1 atom stereocenters. The first-order chi connectivity index (χ1) is 14.2. The maximum atomic E-state index is 13.4. The Kier molecular flexibility index (Phi) is 6.23. The normalized spacial score (nSPS) is 19.1. The number of nitrogens with one attached hydrogen (secondary N) is 1. The molecule has 2 aromatic rings. The summed E-state index contributed by atoms with van der Waals surface area (Å²) in [5.74, 6) is -3.64. The molecule has 158 valence electrons. The lowest BCUT2D eigenvalue weighted by Crippen LogP contribution is -2.46. The summed E-state index contributed by atoms with van der Waals surface area (Å²) in [6.45, 7) is 1.47. The van der Waals surface area contributed by atoms with E-state index in [1.165, 1.54) is 24.4 Å². The van der Waals surface area contributed by atoms with Gasteiger partial charge in [0, 0.05) is 19.2 Å². The minimum atomic E-state index is -5.01. The average molecular weight is 420 g/mol. The van der Waals surface area contributed by atoms with Crippen LogP contribution in [0.25, 0.3) is 5.57 Å². The number of ether oxygens (including phenoxy) is 2. The number of carboxylic acid groups (broad SMARTS) is 1. The third-order valence-electron chi connectivity index (χ3n) is 4.38. The van der Waals surface area contributed by atoms with Gasteiger partial charge in [0.15, 0.2) is 0 Å². The number of hydrogen-bond acceptors (Lipinski definition) is 5. The van der Waals surface area contributed by atoms with E-state index in [9.17, 15) is 23.1 Å². The Labute approximate surface area is 170 Å². The van der Waals surface area contributed by atoms with Crippen LogP contribution in [0.2, 0.25) is 0 Å². The van der Waals surface area contributed by atoms with E-state index in [2.05, 4.69) is 15.0 Å². The van der Waals surface area contributed by atoms with Gasteiger partial charge in [0.25, 0.3) is 0 Å². The van der Waals surface area contributed by atoms with Crippen LogP contribution in [0.15, 0.2) is 66.5 Å². The monoisotopic (exact) mass is 420 g/mol. The van der Waals surface area contributed by atoms with Gasteiger partial charge in [-0.3, -0.25) is 4.74 Å². The molecular formula is C21H19F3N2O4. The van der Waals surface area contributed by atoms with Crippen molar-refractivity contribution < 1.29 is 32.5 Å². The second-order valence-electron chi connectivity index (χ2n) is 6.38. The van der Waals surface area contributed by atoms with Gasteiger partial charge in [-0.1, -0.05) is 36.4 Å². The Hall–Kier alpha value is -3.17. The van der Waals surface area contributed by atoms with Crippen molar-refractivity contribution in [1.82, 2.24) is 4.98 Å². The first-order valence-corrected chi connectivity index (χ1v) is 9.07. The highest BCUT2D eigenvalue weighted by Crippen LogP contribution is 2.42. The topological polar surface area (TPSA) is 80.7 Å². The summed E-state index contributed by atoms with van der Waals surface area (Å²) in [4.78, 5) is 15.4. The highest BCUT2D eigenvalue weighted by atomic mass is 19.4. The lowest BCUT2D eigenvalue weighted by molar-refractivity contribution is -0.405. The van der Waals surface area contributed by atoms with E-state index in [1.54, 1.807) is 43.3 Å². The van der Waals surface area contributed by atoms with E-state index in [0.29, 0.717) is 11.1 Å². The summed E-state index contributed by atoms with van der Waals surface area (Å²) in [5, 5.41) is 12.0. The third-order valence-corrected chi connectivity index (χ3v) is 4.38. The van der Waals surface area contributed by atoms with E-state index >= 15 is 0 Å². The standard InChI is InChI=1S/C21H19F3N2O4/c1-2-29-20(30-21(22,23)24)13-15(14-7-4-3-5-8-14)10-11-17(20)26-18-16(19(27)28)9-6-12-25-18/h3-12H,2,13H2,1H3,(H,25,26)(H,27,28). The van der Waals surface area contributed by atoms with Crippen LogP contribution in [-0.4, -0.2) is 34.8 Å². The molecule has 3 rings (SSSR count). The molecule has 1 aliphatic carbocycles. The molecule has 9 heteroatoms. The minimum Gasteiger partial charge on any atom is -0.478 e. The molecule has 0 amide bonds. The average Bonchev–Trinajstić information content (AvgIpc) is 2.69. The lowest BCUT2D eigenvalue weighted by atomic mass is 9.91. The van der Waals surface area contributed by atoms with Crippen LogP contribution in [0.4, 0.5) is 19.0 Å². The van der Waals surface area contributed by atoms with E-state index in [0.717, 1.165) is 0 Å². The zero-order valence-corrected chi connectivity index (χ0v) is 15.9. The summed E-state index contributed by atoms with van der Waals surface area (Å²) >= 11 is 0. The maximum absolute atomic E-state index is 13.4. The predicted molar refractivity (Wildman–Crippen MR) is 103 cm³/mol. The van der Waals surface area contributed by atoms with Crippen molar-refractivity contribution in [3.63, 3.8) is 0 Å². The number of halogens is 3. The van der Waals surface area contributed by atoms with Gasteiger partial charge < -0.3 is 15.2 Å². The molecule has 0 saturated carbocycles. The SMILES string of the molecule is CCOC1(OC(F)(F)F)CC(c2ccccc2)=CC=C1Nc1ncccc1C(=O)O. The highest BCUT2D eigenvalue weighted by molar-refractivity contribution is 5.93. The number of carboxylic acids is 1. The maximum Gasteiger partial charge on any atom is 0.525 e. The van der Waals surface area contributed by atoms with Crippen molar-refractivity contribution in [2.24, 2.45) is 0 Å². The fraction of sp³-hybridized carbons (Fsp3) is 0.238. The number of alkyl halides is 3. The van der Waals surface area contributed by atoms with E-state index < -0.39 is 18.1 Å².